The van der Waals surface area contributed by atoms with Crippen LogP contribution < -0.4 is 5.73 Å². The molecule has 2 N–H and O–H groups in total. The van der Waals surface area contributed by atoms with Crippen molar-refractivity contribution >= 4 is 43.8 Å². The fourth-order valence-corrected chi connectivity index (χ4v) is 5.12. The number of nitrogens with zero attached hydrogens (tertiary/aromatic N) is 1. The maximum absolute atomic E-state index is 15.0. The van der Waals surface area contributed by atoms with Gasteiger partial charge in [-0.05, 0) is 42.3 Å². The first-order valence-corrected chi connectivity index (χ1v) is 13.5. The number of carbonyl (C=O) groups excluding carboxylic acids is 3. The summed E-state index contributed by atoms with van der Waals surface area (Å²) in [5.41, 5.74) is 6.01. The Morgan fingerprint density at radius 3 is 2.43 bits per heavy atom. The second-order valence-corrected chi connectivity index (χ2v) is 11.1. The van der Waals surface area contributed by atoms with Gasteiger partial charge in [-0.1, -0.05) is 25.2 Å². The third-order valence-electron chi connectivity index (χ3n) is 6.20. The van der Waals surface area contributed by atoms with Crippen molar-refractivity contribution in [1.29, 1.82) is 0 Å². The van der Waals surface area contributed by atoms with E-state index in [2.05, 4.69) is 0 Å². The Labute approximate surface area is 212 Å². The van der Waals surface area contributed by atoms with Gasteiger partial charge in [-0.3, -0.25) is 14.4 Å². The monoisotopic (exact) mass is 526 g/mol. The summed E-state index contributed by atoms with van der Waals surface area (Å²) < 4.78 is 55.3. The highest BCUT2D eigenvalue weighted by Gasteiger charge is 2.30. The van der Waals surface area contributed by atoms with Gasteiger partial charge in [-0.25, -0.2) is 17.2 Å². The van der Waals surface area contributed by atoms with Gasteiger partial charge in [0, 0.05) is 40.3 Å². The molecule has 0 saturated heterocycles. The van der Waals surface area contributed by atoms with Crippen molar-refractivity contribution in [3.63, 3.8) is 0 Å². The maximum atomic E-state index is 15.0. The van der Waals surface area contributed by atoms with Crippen LogP contribution in [0.15, 0.2) is 48.6 Å². The van der Waals surface area contributed by atoms with Gasteiger partial charge in [-0.2, -0.15) is 0 Å². The number of amides is 1. The Bertz CT molecular complexity index is 1650. The van der Waals surface area contributed by atoms with Crippen molar-refractivity contribution in [2.24, 2.45) is 5.73 Å². The SMILES string of the molecule is CCc1cc2c(C3=CC=CCC3=O)c(C(=O)CS(C)(=O)=O)n(Cc3cc(C(N)=O)ccc3F)c2cc1F. The molecule has 0 atom stereocenters. The Balaban J connectivity index is 2.11. The van der Waals surface area contributed by atoms with Crippen molar-refractivity contribution in [2.75, 3.05) is 12.0 Å². The molecule has 0 unspecified atom stereocenters. The molecule has 0 bridgehead atoms. The van der Waals surface area contributed by atoms with E-state index < -0.39 is 38.9 Å². The van der Waals surface area contributed by atoms with Crippen LogP contribution in [-0.4, -0.2) is 42.5 Å². The molecule has 0 fully saturated rings. The first-order valence-electron chi connectivity index (χ1n) is 11.5. The van der Waals surface area contributed by atoms with Crippen molar-refractivity contribution < 1.29 is 31.6 Å². The van der Waals surface area contributed by atoms with E-state index in [9.17, 15) is 31.6 Å². The predicted octanol–water partition coefficient (Wildman–Crippen LogP) is 3.77. The summed E-state index contributed by atoms with van der Waals surface area (Å²) in [6, 6.07) is 6.19. The number of Topliss-reactive ketones (excluding diaryl/α,β-unsaturated/α-hetero) is 2. The number of benzene rings is 2. The maximum Gasteiger partial charge on any atom is 0.248 e. The van der Waals surface area contributed by atoms with E-state index in [0.29, 0.717) is 17.4 Å². The second-order valence-electron chi connectivity index (χ2n) is 8.92. The summed E-state index contributed by atoms with van der Waals surface area (Å²) in [4.78, 5) is 38.1. The van der Waals surface area contributed by atoms with E-state index in [4.69, 9.17) is 5.73 Å². The van der Waals surface area contributed by atoms with Crippen molar-refractivity contribution in [3.05, 3.63) is 88.1 Å². The van der Waals surface area contributed by atoms with Gasteiger partial charge in [0.25, 0.3) is 0 Å². The molecule has 0 saturated carbocycles. The molecule has 192 valence electrons. The molecule has 1 aromatic heterocycles. The molecule has 1 heterocycles. The summed E-state index contributed by atoms with van der Waals surface area (Å²) in [5, 5.41) is 0.358. The number of sulfone groups is 1. The number of rotatable bonds is 8. The number of fused-ring (bicyclic) bond motifs is 1. The number of hydrogen-bond acceptors (Lipinski definition) is 5. The zero-order valence-corrected chi connectivity index (χ0v) is 21.0. The van der Waals surface area contributed by atoms with Gasteiger partial charge in [0.15, 0.2) is 21.4 Å². The number of hydrogen-bond donors (Lipinski definition) is 1. The van der Waals surface area contributed by atoms with Crippen LogP contribution in [0.1, 0.15) is 50.9 Å². The van der Waals surface area contributed by atoms with E-state index in [1.54, 1.807) is 19.1 Å². The van der Waals surface area contributed by atoms with Crippen LogP contribution in [0.2, 0.25) is 0 Å². The lowest BCUT2D eigenvalue weighted by Gasteiger charge is -2.14. The van der Waals surface area contributed by atoms with Crippen LogP contribution in [-0.2, 0) is 27.6 Å². The smallest absolute Gasteiger partial charge is 0.248 e. The average Bonchev–Trinajstić information content (AvgIpc) is 3.11. The standard InChI is InChI=1S/C27H24F2N2O5S/c1-3-15-11-19-22(12-21(15)29)31(13-17-10-16(27(30)34)8-9-20(17)28)26(24(33)14-37(2,35)36)25(19)18-6-4-5-7-23(18)32/h4-6,8-12H,3,7,13-14H2,1-2H3,(H2,30,34). The third kappa shape index (κ3) is 5.15. The summed E-state index contributed by atoms with van der Waals surface area (Å²) in [5.74, 6) is -4.09. The Morgan fingerprint density at radius 2 is 1.81 bits per heavy atom. The molecular formula is C27H24F2N2O5S. The van der Waals surface area contributed by atoms with E-state index in [1.807, 2.05) is 0 Å². The molecule has 7 nitrogen and oxygen atoms in total. The minimum absolute atomic E-state index is 0.0202. The zero-order chi connectivity index (χ0) is 27.1. The number of halogens is 2. The summed E-state index contributed by atoms with van der Waals surface area (Å²) >= 11 is 0. The van der Waals surface area contributed by atoms with Gasteiger partial charge >= 0.3 is 0 Å². The molecular weight excluding hydrogens is 502 g/mol. The molecule has 0 spiro atoms. The van der Waals surface area contributed by atoms with Crippen LogP contribution in [0.25, 0.3) is 16.5 Å². The molecule has 10 heteroatoms. The number of allylic oxidation sites excluding steroid dienone is 4. The molecule has 1 amide bonds. The van der Waals surface area contributed by atoms with Gasteiger partial charge < -0.3 is 10.3 Å². The highest BCUT2D eigenvalue weighted by atomic mass is 32.2. The Kier molecular flexibility index (Phi) is 6.96. The highest BCUT2D eigenvalue weighted by Crippen LogP contribution is 2.37. The van der Waals surface area contributed by atoms with Crippen LogP contribution >= 0.6 is 0 Å². The van der Waals surface area contributed by atoms with Crippen LogP contribution in [0.4, 0.5) is 8.78 Å². The molecule has 0 radical (unpaired) electrons. The summed E-state index contributed by atoms with van der Waals surface area (Å²) in [7, 11) is -3.80. The lowest BCUT2D eigenvalue weighted by atomic mass is 9.92. The van der Waals surface area contributed by atoms with Crippen molar-refractivity contribution in [1.82, 2.24) is 4.57 Å². The minimum atomic E-state index is -3.80. The molecule has 37 heavy (non-hydrogen) atoms. The highest BCUT2D eigenvalue weighted by molar-refractivity contribution is 7.91. The van der Waals surface area contributed by atoms with Gasteiger partial charge in [0.1, 0.15) is 17.4 Å². The molecule has 0 aliphatic heterocycles. The lowest BCUT2D eigenvalue weighted by Crippen LogP contribution is -2.21. The zero-order valence-electron chi connectivity index (χ0n) is 20.2. The van der Waals surface area contributed by atoms with Crippen molar-refractivity contribution in [3.8, 4) is 0 Å². The largest absolute Gasteiger partial charge is 0.366 e. The quantitative estimate of drug-likeness (QED) is 0.449. The first-order chi connectivity index (χ1) is 17.4. The topological polar surface area (TPSA) is 116 Å². The summed E-state index contributed by atoms with van der Waals surface area (Å²) in [6.07, 6.45) is 6.09. The van der Waals surface area contributed by atoms with Crippen LogP contribution in [0.5, 0.6) is 0 Å². The van der Waals surface area contributed by atoms with E-state index in [1.165, 1.54) is 34.9 Å². The van der Waals surface area contributed by atoms with E-state index >= 15 is 0 Å². The number of carbonyl (C=O) groups is 3. The first kappa shape index (κ1) is 26.2. The molecule has 3 aromatic rings. The second kappa shape index (κ2) is 9.85. The van der Waals surface area contributed by atoms with Crippen molar-refractivity contribution in [2.45, 2.75) is 26.3 Å². The van der Waals surface area contributed by atoms with Gasteiger partial charge in [-0.15, -0.1) is 0 Å². The number of aromatic nitrogens is 1. The van der Waals surface area contributed by atoms with E-state index in [-0.39, 0.29) is 52.2 Å². The predicted molar refractivity (Wildman–Crippen MR) is 136 cm³/mol. The number of ketones is 2. The third-order valence-corrected chi connectivity index (χ3v) is 6.99. The molecule has 1 aliphatic carbocycles. The van der Waals surface area contributed by atoms with E-state index in [0.717, 1.165) is 12.3 Å². The van der Waals surface area contributed by atoms with Gasteiger partial charge in [0.2, 0.25) is 5.91 Å². The minimum Gasteiger partial charge on any atom is -0.366 e. The number of nitrogens with two attached hydrogens (primary N) is 1. The lowest BCUT2D eigenvalue weighted by molar-refractivity contribution is -0.113. The van der Waals surface area contributed by atoms with Gasteiger partial charge in [0.05, 0.1) is 17.8 Å². The normalized spacial score (nSPS) is 13.7. The Morgan fingerprint density at radius 1 is 1.08 bits per heavy atom. The fourth-order valence-electron chi connectivity index (χ4n) is 4.50. The number of primary amides is 1. The molecule has 1 aliphatic rings. The summed E-state index contributed by atoms with van der Waals surface area (Å²) in [6.45, 7) is 1.39. The van der Waals surface area contributed by atoms with Crippen LogP contribution in [0, 0.1) is 11.6 Å². The van der Waals surface area contributed by atoms with Crippen LogP contribution in [0.3, 0.4) is 0 Å². The molecule has 4 rings (SSSR count). The average molecular weight is 527 g/mol. The number of aryl methyl sites for hydroxylation is 1. The Hall–Kier alpha value is -3.92. The molecule has 2 aromatic carbocycles. The fraction of sp³-hybridized carbons (Fsp3) is 0.222.